The Labute approximate surface area is 102 Å². The first-order valence-electron chi connectivity index (χ1n) is 6.18. The number of nitrogens with zero attached hydrogens (tertiary/aromatic N) is 1. The normalized spacial score (nSPS) is 19.9. The average molecular weight is 233 g/mol. The molecule has 0 aliphatic carbocycles. The minimum atomic E-state index is -0.00843. The summed E-state index contributed by atoms with van der Waals surface area (Å²) >= 11 is 0. The molecule has 4 nitrogen and oxygen atoms in total. The number of rotatable bonds is 3. The molecule has 2 N–H and O–H groups in total. The lowest BCUT2D eigenvalue weighted by molar-refractivity contribution is -0.123. The van der Waals surface area contributed by atoms with Crippen molar-refractivity contribution in [3.05, 3.63) is 29.6 Å². The molecule has 0 saturated carbocycles. The van der Waals surface area contributed by atoms with Gasteiger partial charge >= 0.3 is 0 Å². The van der Waals surface area contributed by atoms with Crippen LogP contribution in [0.5, 0.6) is 0 Å². The maximum absolute atomic E-state index is 11.9. The monoisotopic (exact) mass is 233 g/mol. The Morgan fingerprint density at radius 2 is 2.47 bits per heavy atom. The third-order valence-electron chi connectivity index (χ3n) is 3.22. The highest BCUT2D eigenvalue weighted by atomic mass is 16.2. The van der Waals surface area contributed by atoms with E-state index in [1.165, 1.54) is 6.42 Å². The zero-order valence-electron chi connectivity index (χ0n) is 10.2. The van der Waals surface area contributed by atoms with Crippen LogP contribution in [0.3, 0.4) is 0 Å². The minimum Gasteiger partial charge on any atom is -0.351 e. The van der Waals surface area contributed by atoms with Gasteiger partial charge in [0.1, 0.15) is 0 Å². The number of pyridine rings is 1. The molecular formula is C13H19N3O. The van der Waals surface area contributed by atoms with E-state index in [0.717, 1.165) is 30.5 Å². The molecule has 1 aliphatic rings. The van der Waals surface area contributed by atoms with Gasteiger partial charge < -0.3 is 10.6 Å². The van der Waals surface area contributed by atoms with Crippen molar-refractivity contribution in [2.24, 2.45) is 0 Å². The van der Waals surface area contributed by atoms with E-state index in [4.69, 9.17) is 0 Å². The lowest BCUT2D eigenvalue weighted by Crippen LogP contribution is -2.46. The van der Waals surface area contributed by atoms with E-state index < -0.39 is 0 Å². The van der Waals surface area contributed by atoms with Crippen molar-refractivity contribution in [1.29, 1.82) is 0 Å². The van der Waals surface area contributed by atoms with Crippen molar-refractivity contribution in [3.8, 4) is 0 Å². The number of hydrogen-bond acceptors (Lipinski definition) is 3. The molecule has 1 atom stereocenters. The zero-order chi connectivity index (χ0) is 12.1. The maximum atomic E-state index is 11.9. The summed E-state index contributed by atoms with van der Waals surface area (Å²) in [6.07, 6.45) is 6.83. The Bertz CT molecular complexity index is 386. The molecule has 1 aliphatic heterocycles. The average Bonchev–Trinajstić information content (AvgIpc) is 2.38. The predicted octanol–water partition coefficient (Wildman–Crippen LogP) is 1.15. The highest BCUT2D eigenvalue weighted by molar-refractivity contribution is 5.81. The van der Waals surface area contributed by atoms with Crippen molar-refractivity contribution in [3.63, 3.8) is 0 Å². The van der Waals surface area contributed by atoms with E-state index in [1.807, 2.05) is 19.2 Å². The molecule has 92 valence electrons. The van der Waals surface area contributed by atoms with Gasteiger partial charge in [-0.15, -0.1) is 0 Å². The maximum Gasteiger partial charge on any atom is 0.237 e. The SMILES string of the molecule is Cc1cnccc1CNC(=O)[C@H]1CCCCN1. The first-order chi connectivity index (χ1) is 8.27. The van der Waals surface area contributed by atoms with Gasteiger partial charge in [-0.25, -0.2) is 0 Å². The van der Waals surface area contributed by atoms with Gasteiger partial charge in [-0.2, -0.15) is 0 Å². The number of aryl methyl sites for hydroxylation is 1. The molecule has 0 bridgehead atoms. The molecule has 1 aromatic heterocycles. The number of hydrogen-bond donors (Lipinski definition) is 2. The van der Waals surface area contributed by atoms with Crippen molar-refractivity contribution in [2.45, 2.75) is 38.8 Å². The van der Waals surface area contributed by atoms with E-state index in [-0.39, 0.29) is 11.9 Å². The van der Waals surface area contributed by atoms with Gasteiger partial charge in [0.05, 0.1) is 6.04 Å². The van der Waals surface area contributed by atoms with Gasteiger partial charge in [-0.05, 0) is 43.5 Å². The number of carbonyl (C=O) groups is 1. The van der Waals surface area contributed by atoms with Gasteiger partial charge in [-0.3, -0.25) is 9.78 Å². The van der Waals surface area contributed by atoms with Crippen LogP contribution in [0.15, 0.2) is 18.5 Å². The number of nitrogens with one attached hydrogen (secondary N) is 2. The van der Waals surface area contributed by atoms with Crippen molar-refractivity contribution in [1.82, 2.24) is 15.6 Å². The summed E-state index contributed by atoms with van der Waals surface area (Å²) in [4.78, 5) is 15.9. The Morgan fingerprint density at radius 3 is 3.18 bits per heavy atom. The Morgan fingerprint density at radius 1 is 1.59 bits per heavy atom. The molecule has 2 heterocycles. The largest absolute Gasteiger partial charge is 0.351 e. The minimum absolute atomic E-state index is 0.00843. The van der Waals surface area contributed by atoms with Crippen molar-refractivity contribution in [2.75, 3.05) is 6.54 Å². The highest BCUT2D eigenvalue weighted by Crippen LogP contribution is 2.08. The van der Waals surface area contributed by atoms with Crippen molar-refractivity contribution >= 4 is 5.91 Å². The second-order valence-corrected chi connectivity index (χ2v) is 4.52. The summed E-state index contributed by atoms with van der Waals surface area (Å²) in [6, 6.07) is 1.94. The standard InChI is InChI=1S/C13H19N3O/c1-10-8-14-7-5-11(10)9-16-13(17)12-4-2-3-6-15-12/h5,7-8,12,15H,2-4,6,9H2,1H3,(H,16,17)/t12-/m1/s1. The smallest absolute Gasteiger partial charge is 0.237 e. The molecule has 0 spiro atoms. The number of aromatic nitrogens is 1. The summed E-state index contributed by atoms with van der Waals surface area (Å²) < 4.78 is 0. The van der Waals surface area contributed by atoms with Crippen LogP contribution < -0.4 is 10.6 Å². The molecule has 1 aromatic rings. The molecule has 4 heteroatoms. The summed E-state index contributed by atoms with van der Waals surface area (Å²) in [7, 11) is 0. The number of carbonyl (C=O) groups excluding carboxylic acids is 1. The van der Waals surface area contributed by atoms with E-state index in [2.05, 4.69) is 15.6 Å². The fraction of sp³-hybridized carbons (Fsp3) is 0.538. The van der Waals surface area contributed by atoms with E-state index >= 15 is 0 Å². The fourth-order valence-electron chi connectivity index (χ4n) is 2.08. The van der Waals surface area contributed by atoms with Crippen LogP contribution in [0.4, 0.5) is 0 Å². The zero-order valence-corrected chi connectivity index (χ0v) is 10.2. The van der Waals surface area contributed by atoms with Crippen LogP contribution >= 0.6 is 0 Å². The third kappa shape index (κ3) is 3.27. The van der Waals surface area contributed by atoms with Crippen LogP contribution in [0.2, 0.25) is 0 Å². The predicted molar refractivity (Wildman–Crippen MR) is 66.5 cm³/mol. The molecular weight excluding hydrogens is 214 g/mol. The van der Waals surface area contributed by atoms with E-state index in [0.29, 0.717) is 6.54 Å². The highest BCUT2D eigenvalue weighted by Gasteiger charge is 2.19. The van der Waals surface area contributed by atoms with Gasteiger partial charge in [-0.1, -0.05) is 6.42 Å². The van der Waals surface area contributed by atoms with Crippen LogP contribution in [0.25, 0.3) is 0 Å². The summed E-state index contributed by atoms with van der Waals surface area (Å²) in [5.74, 6) is 0.112. The molecule has 0 aromatic carbocycles. The van der Waals surface area contributed by atoms with Crippen LogP contribution in [0.1, 0.15) is 30.4 Å². The molecule has 0 radical (unpaired) electrons. The van der Waals surface area contributed by atoms with Gasteiger partial charge in [0.2, 0.25) is 5.91 Å². The Kier molecular flexibility index (Phi) is 4.09. The lowest BCUT2D eigenvalue weighted by Gasteiger charge is -2.22. The third-order valence-corrected chi connectivity index (χ3v) is 3.22. The van der Waals surface area contributed by atoms with Crippen molar-refractivity contribution < 1.29 is 4.79 Å². The van der Waals surface area contributed by atoms with Crippen LogP contribution in [-0.2, 0) is 11.3 Å². The summed E-state index contributed by atoms with van der Waals surface area (Å²) in [5.41, 5.74) is 2.24. The Hall–Kier alpha value is -1.42. The molecule has 1 saturated heterocycles. The summed E-state index contributed by atoms with van der Waals surface area (Å²) in [5, 5.41) is 6.23. The molecule has 1 fully saturated rings. The van der Waals surface area contributed by atoms with Gasteiger partial charge in [0.25, 0.3) is 0 Å². The van der Waals surface area contributed by atoms with E-state index in [9.17, 15) is 4.79 Å². The number of amides is 1. The first-order valence-corrected chi connectivity index (χ1v) is 6.18. The fourth-order valence-corrected chi connectivity index (χ4v) is 2.08. The second-order valence-electron chi connectivity index (χ2n) is 4.52. The first kappa shape index (κ1) is 12.0. The second kappa shape index (κ2) is 5.77. The molecule has 2 rings (SSSR count). The van der Waals surface area contributed by atoms with Crippen LogP contribution in [0, 0.1) is 6.92 Å². The van der Waals surface area contributed by atoms with Gasteiger partial charge in [0, 0.05) is 18.9 Å². The molecule has 17 heavy (non-hydrogen) atoms. The molecule has 0 unspecified atom stereocenters. The van der Waals surface area contributed by atoms with Crippen LogP contribution in [-0.4, -0.2) is 23.5 Å². The lowest BCUT2D eigenvalue weighted by atomic mass is 10.0. The van der Waals surface area contributed by atoms with Gasteiger partial charge in [0.15, 0.2) is 0 Å². The Balaban J connectivity index is 1.85. The molecule has 1 amide bonds. The topological polar surface area (TPSA) is 54.0 Å². The van der Waals surface area contributed by atoms with E-state index in [1.54, 1.807) is 6.20 Å². The quantitative estimate of drug-likeness (QED) is 0.823. The number of piperidine rings is 1. The summed E-state index contributed by atoms with van der Waals surface area (Å²) in [6.45, 7) is 3.55.